The lowest BCUT2D eigenvalue weighted by Crippen LogP contribution is -2.33. The van der Waals surface area contributed by atoms with Crippen molar-refractivity contribution in [2.75, 3.05) is 11.9 Å². The molecule has 0 aliphatic carbocycles. The maximum atomic E-state index is 12.2. The fraction of sp³-hybridized carbons (Fsp3) is 0.350. The summed E-state index contributed by atoms with van der Waals surface area (Å²) in [7, 11) is -3.91. The number of carbonyl (C=O) groups excluding carboxylic acids is 1. The zero-order valence-corrected chi connectivity index (χ0v) is 19.8. The van der Waals surface area contributed by atoms with Crippen molar-refractivity contribution in [3.05, 3.63) is 68.8 Å². The number of benzene rings is 1. The number of nitrogens with zero attached hydrogens (tertiary/aromatic N) is 4. The zero-order chi connectivity index (χ0) is 26.0. The number of nitrogens with two attached hydrogens (primary N) is 1. The van der Waals surface area contributed by atoms with Gasteiger partial charge in [0.15, 0.2) is 0 Å². The number of anilines is 1. The zero-order valence-electron chi connectivity index (χ0n) is 19.0. The number of urea groups is 1. The molecule has 0 spiro atoms. The van der Waals surface area contributed by atoms with Gasteiger partial charge < -0.3 is 20.5 Å². The molecule has 4 rings (SSSR count). The maximum Gasteiger partial charge on any atom is 0.330 e. The summed E-state index contributed by atoms with van der Waals surface area (Å²) in [6, 6.07) is 4.41. The van der Waals surface area contributed by atoms with Crippen LogP contribution in [-0.2, 0) is 21.3 Å². The second kappa shape index (κ2) is 10.0. The number of aromatic nitrogens is 5. The Balaban J connectivity index is 1.40. The van der Waals surface area contributed by atoms with Crippen molar-refractivity contribution in [2.45, 2.75) is 43.2 Å². The van der Waals surface area contributed by atoms with Crippen LogP contribution in [0.25, 0.3) is 0 Å². The Hall–Kier alpha value is -3.86. The van der Waals surface area contributed by atoms with E-state index >= 15 is 0 Å². The smallest absolute Gasteiger partial charge is 0.330 e. The number of aromatic amines is 1. The van der Waals surface area contributed by atoms with Gasteiger partial charge in [0.25, 0.3) is 5.56 Å². The second-order valence-electron chi connectivity index (χ2n) is 8.16. The fourth-order valence-electron chi connectivity index (χ4n) is 3.78. The third-order valence-electron chi connectivity index (χ3n) is 5.59. The topological polar surface area (TPSA) is 216 Å². The van der Waals surface area contributed by atoms with Crippen LogP contribution in [0.15, 0.2) is 51.1 Å². The number of hydrogen-bond acceptors (Lipinski definition) is 9. The van der Waals surface area contributed by atoms with Gasteiger partial charge in [-0.1, -0.05) is 11.3 Å². The summed E-state index contributed by atoms with van der Waals surface area (Å²) in [4.78, 5) is 38.2. The predicted octanol–water partition coefficient (Wildman–Crippen LogP) is -1.07. The van der Waals surface area contributed by atoms with Crippen molar-refractivity contribution in [2.24, 2.45) is 5.14 Å². The molecular formula is C20H24N8O7S. The van der Waals surface area contributed by atoms with E-state index in [2.05, 4.69) is 25.9 Å². The van der Waals surface area contributed by atoms with E-state index < -0.39 is 45.7 Å². The SMILES string of the molecule is Cc1cn([C@H]2C[C@@H](n3cc(CNC(=O)Nc4cccc(S(N)(=O)=O)c4)nn3)[C@@H](CO)O2)c(=O)[nH]c1=O. The number of carbonyl (C=O) groups is 1. The monoisotopic (exact) mass is 520 g/mol. The third-order valence-corrected chi connectivity index (χ3v) is 6.50. The van der Waals surface area contributed by atoms with E-state index in [1.54, 1.807) is 13.1 Å². The number of primary sulfonamides is 1. The number of sulfonamides is 1. The van der Waals surface area contributed by atoms with Crippen LogP contribution in [0, 0.1) is 6.92 Å². The van der Waals surface area contributed by atoms with Gasteiger partial charge >= 0.3 is 11.7 Å². The number of hydrogen-bond donors (Lipinski definition) is 5. The molecule has 6 N–H and O–H groups in total. The molecule has 2 amide bonds. The van der Waals surface area contributed by atoms with Gasteiger partial charge in [0.05, 0.1) is 30.3 Å². The third kappa shape index (κ3) is 5.51. The lowest BCUT2D eigenvalue weighted by molar-refractivity contribution is -0.0323. The molecule has 0 bridgehead atoms. The second-order valence-corrected chi connectivity index (χ2v) is 9.73. The molecule has 192 valence electrons. The van der Waals surface area contributed by atoms with Gasteiger partial charge in [-0.3, -0.25) is 14.3 Å². The first kappa shape index (κ1) is 25.2. The van der Waals surface area contributed by atoms with Crippen molar-refractivity contribution in [1.29, 1.82) is 0 Å². The van der Waals surface area contributed by atoms with Gasteiger partial charge in [-0.25, -0.2) is 27.8 Å². The number of H-pyrrole nitrogens is 1. The van der Waals surface area contributed by atoms with Gasteiger partial charge in [0.2, 0.25) is 10.0 Å². The average Bonchev–Trinajstić information content (AvgIpc) is 3.46. The van der Waals surface area contributed by atoms with Gasteiger partial charge in [-0.2, -0.15) is 0 Å². The highest BCUT2D eigenvalue weighted by Gasteiger charge is 2.38. The molecule has 36 heavy (non-hydrogen) atoms. The molecule has 0 radical (unpaired) electrons. The number of nitrogens with one attached hydrogen (secondary N) is 3. The minimum Gasteiger partial charge on any atom is -0.394 e. The highest BCUT2D eigenvalue weighted by molar-refractivity contribution is 7.89. The van der Waals surface area contributed by atoms with E-state index in [-0.39, 0.29) is 30.2 Å². The molecule has 2 aromatic heterocycles. The Morgan fingerprint density at radius 1 is 1.33 bits per heavy atom. The standard InChI is InChI=1S/C20H24N8O7S/c1-11-8-27(20(32)24-18(11)30)17-6-15(16(10-29)35-17)28-9-13(25-26-28)7-22-19(31)23-12-3-2-4-14(5-12)36(21,33)34/h2-5,8-9,15-17,29H,6-7,10H2,1H3,(H2,21,33,34)(H2,22,23,31)(H,24,30,32)/t15-,16-,17-/m1/s1. The number of ether oxygens (including phenoxy) is 1. The van der Waals surface area contributed by atoms with Crippen molar-refractivity contribution in [3.63, 3.8) is 0 Å². The minimum atomic E-state index is -3.91. The number of rotatable bonds is 7. The van der Waals surface area contributed by atoms with Crippen LogP contribution >= 0.6 is 0 Å². The quantitative estimate of drug-likeness (QED) is 0.256. The van der Waals surface area contributed by atoms with E-state index in [0.29, 0.717) is 11.3 Å². The number of aryl methyl sites for hydroxylation is 1. The Labute approximate surface area is 203 Å². The molecule has 1 aromatic carbocycles. The lowest BCUT2D eigenvalue weighted by Gasteiger charge is -2.15. The van der Waals surface area contributed by atoms with Gasteiger partial charge in [-0.15, -0.1) is 5.10 Å². The van der Waals surface area contributed by atoms with Gasteiger partial charge in [0, 0.05) is 23.9 Å². The highest BCUT2D eigenvalue weighted by Crippen LogP contribution is 2.35. The molecule has 1 aliphatic rings. The van der Waals surface area contributed by atoms with Crippen molar-refractivity contribution >= 4 is 21.7 Å². The summed E-state index contributed by atoms with van der Waals surface area (Å²) in [6.07, 6.45) is 1.82. The van der Waals surface area contributed by atoms with Crippen LogP contribution in [0.2, 0.25) is 0 Å². The molecule has 1 saturated heterocycles. The molecule has 1 aliphatic heterocycles. The molecular weight excluding hydrogens is 496 g/mol. The van der Waals surface area contributed by atoms with Crippen LogP contribution in [0.5, 0.6) is 0 Å². The number of aliphatic hydroxyl groups excluding tert-OH is 1. The molecule has 15 nitrogen and oxygen atoms in total. The Bertz CT molecular complexity index is 1500. The maximum absolute atomic E-state index is 12.2. The first-order valence-corrected chi connectivity index (χ1v) is 12.3. The van der Waals surface area contributed by atoms with Crippen molar-refractivity contribution in [1.82, 2.24) is 29.9 Å². The minimum absolute atomic E-state index is 0.0000832. The molecule has 0 unspecified atom stereocenters. The average molecular weight is 521 g/mol. The summed E-state index contributed by atoms with van der Waals surface area (Å²) in [5.74, 6) is 0. The van der Waals surface area contributed by atoms with Crippen LogP contribution in [-0.4, -0.2) is 56.8 Å². The largest absolute Gasteiger partial charge is 0.394 e. The molecule has 0 saturated carbocycles. The molecule has 3 atom stereocenters. The van der Waals surface area contributed by atoms with E-state index in [1.807, 2.05) is 0 Å². The van der Waals surface area contributed by atoms with Crippen LogP contribution in [0.1, 0.15) is 29.9 Å². The lowest BCUT2D eigenvalue weighted by atomic mass is 10.1. The number of aliphatic hydroxyl groups is 1. The molecule has 1 fully saturated rings. The first-order chi connectivity index (χ1) is 17.0. The summed E-state index contributed by atoms with van der Waals surface area (Å²) >= 11 is 0. The van der Waals surface area contributed by atoms with Crippen LogP contribution < -0.4 is 27.0 Å². The molecule has 3 heterocycles. The predicted molar refractivity (Wildman–Crippen MR) is 124 cm³/mol. The summed E-state index contributed by atoms with van der Waals surface area (Å²) in [5, 5.41) is 28.0. The Morgan fingerprint density at radius 2 is 2.11 bits per heavy atom. The van der Waals surface area contributed by atoms with E-state index in [0.717, 1.165) is 0 Å². The van der Waals surface area contributed by atoms with Crippen molar-refractivity contribution < 1.29 is 23.1 Å². The number of amides is 2. The van der Waals surface area contributed by atoms with E-state index in [4.69, 9.17) is 9.88 Å². The van der Waals surface area contributed by atoms with Crippen molar-refractivity contribution in [3.8, 4) is 0 Å². The normalized spacial score (nSPS) is 19.8. The van der Waals surface area contributed by atoms with Crippen LogP contribution in [0.3, 0.4) is 0 Å². The molecule has 16 heteroatoms. The first-order valence-electron chi connectivity index (χ1n) is 10.7. The Morgan fingerprint density at radius 3 is 2.83 bits per heavy atom. The Kier molecular flexibility index (Phi) is 7.02. The summed E-state index contributed by atoms with van der Waals surface area (Å²) in [5.41, 5.74) is -0.141. The molecule has 3 aromatic rings. The van der Waals surface area contributed by atoms with Gasteiger partial charge in [-0.05, 0) is 25.1 Å². The summed E-state index contributed by atoms with van der Waals surface area (Å²) in [6.45, 7) is 1.22. The highest BCUT2D eigenvalue weighted by atomic mass is 32.2. The van der Waals surface area contributed by atoms with Gasteiger partial charge in [0.1, 0.15) is 18.0 Å². The summed E-state index contributed by atoms with van der Waals surface area (Å²) < 4.78 is 31.5. The van der Waals surface area contributed by atoms with Crippen LogP contribution in [0.4, 0.5) is 10.5 Å². The van der Waals surface area contributed by atoms with E-state index in [9.17, 15) is 27.9 Å². The fourth-order valence-corrected chi connectivity index (χ4v) is 4.34. The van der Waals surface area contributed by atoms with E-state index in [1.165, 1.54) is 39.7 Å².